The lowest BCUT2D eigenvalue weighted by molar-refractivity contribution is -0.384. The highest BCUT2D eigenvalue weighted by Crippen LogP contribution is 2.32. The van der Waals surface area contributed by atoms with E-state index >= 15 is 0 Å². The summed E-state index contributed by atoms with van der Waals surface area (Å²) < 4.78 is 16.9. The van der Waals surface area contributed by atoms with Gasteiger partial charge in [-0.1, -0.05) is 0 Å². The third kappa shape index (κ3) is 5.57. The van der Waals surface area contributed by atoms with Gasteiger partial charge in [-0.15, -0.1) is 0 Å². The maximum Gasteiger partial charge on any atom is 0.311 e. The molecule has 0 radical (unpaired) electrons. The maximum absolute atomic E-state index is 14.9. The fourth-order valence-electron chi connectivity index (χ4n) is 4.10. The second kappa shape index (κ2) is 10.3. The summed E-state index contributed by atoms with van der Waals surface area (Å²) in [5.74, 6) is 0.219. The van der Waals surface area contributed by atoms with Gasteiger partial charge in [-0.05, 0) is 56.9 Å². The van der Waals surface area contributed by atoms with Crippen molar-refractivity contribution in [1.82, 2.24) is 14.5 Å². The molecule has 1 atom stereocenters. The summed E-state index contributed by atoms with van der Waals surface area (Å²) in [6.07, 6.45) is 9.44. The summed E-state index contributed by atoms with van der Waals surface area (Å²) in [7, 11) is 0. The van der Waals surface area contributed by atoms with Crippen LogP contribution in [0.5, 0.6) is 0 Å². The number of benzene rings is 1. The standard InChI is InChI=1S/C23H28FN7O2/c1-17-5-2-3-13-30(17)20-7-6-18(15-19(20)24)27-23-21(31(32)33)8-9-22(28-23)26-10-4-12-29-14-11-25-16-29/h6-9,11,14-17H,2-5,10,12-13H2,1H3,(H2,26,27,28). The van der Waals surface area contributed by atoms with Gasteiger partial charge in [-0.2, -0.15) is 0 Å². The molecule has 0 saturated carbocycles. The third-order valence-electron chi connectivity index (χ3n) is 5.85. The Morgan fingerprint density at radius 2 is 2.15 bits per heavy atom. The number of nitrogens with one attached hydrogen (secondary N) is 2. The molecule has 1 aliphatic heterocycles. The van der Waals surface area contributed by atoms with Gasteiger partial charge in [0.05, 0.1) is 16.9 Å². The van der Waals surface area contributed by atoms with Crippen molar-refractivity contribution >= 4 is 28.7 Å². The molecule has 3 heterocycles. The van der Waals surface area contributed by atoms with Gasteiger partial charge in [-0.3, -0.25) is 10.1 Å². The number of hydrogen-bond donors (Lipinski definition) is 2. The predicted octanol–water partition coefficient (Wildman–Crippen LogP) is 4.95. The summed E-state index contributed by atoms with van der Waals surface area (Å²) in [5.41, 5.74) is 0.797. The van der Waals surface area contributed by atoms with Crippen LogP contribution in [0.25, 0.3) is 0 Å². The highest BCUT2D eigenvalue weighted by Gasteiger charge is 2.22. The molecule has 33 heavy (non-hydrogen) atoms. The third-order valence-corrected chi connectivity index (χ3v) is 5.85. The first-order valence-corrected chi connectivity index (χ1v) is 11.2. The molecule has 4 rings (SSSR count). The van der Waals surface area contributed by atoms with Gasteiger partial charge in [0, 0.05) is 49.8 Å². The zero-order chi connectivity index (χ0) is 23.2. The minimum absolute atomic E-state index is 0.0677. The van der Waals surface area contributed by atoms with Gasteiger partial charge in [0.25, 0.3) is 0 Å². The van der Waals surface area contributed by atoms with Gasteiger partial charge in [-0.25, -0.2) is 14.4 Å². The Morgan fingerprint density at radius 3 is 2.88 bits per heavy atom. The molecule has 0 spiro atoms. The molecule has 2 N–H and O–H groups in total. The first-order valence-electron chi connectivity index (χ1n) is 11.2. The molecule has 174 valence electrons. The Labute approximate surface area is 191 Å². The number of nitrogens with zero attached hydrogens (tertiary/aromatic N) is 5. The van der Waals surface area contributed by atoms with Crippen LogP contribution in [0, 0.1) is 15.9 Å². The van der Waals surface area contributed by atoms with E-state index in [0.29, 0.717) is 23.7 Å². The minimum atomic E-state index is -0.502. The van der Waals surface area contributed by atoms with Gasteiger partial charge in [0.15, 0.2) is 0 Å². The van der Waals surface area contributed by atoms with Crippen molar-refractivity contribution in [3.63, 3.8) is 0 Å². The number of pyridine rings is 1. The van der Waals surface area contributed by atoms with E-state index in [-0.39, 0.29) is 23.4 Å². The van der Waals surface area contributed by atoms with Crippen LogP contribution >= 0.6 is 0 Å². The Morgan fingerprint density at radius 1 is 1.27 bits per heavy atom. The van der Waals surface area contributed by atoms with E-state index in [0.717, 1.165) is 38.8 Å². The number of aromatic nitrogens is 3. The first kappa shape index (κ1) is 22.5. The van der Waals surface area contributed by atoms with Crippen LogP contribution in [0.2, 0.25) is 0 Å². The lowest BCUT2D eigenvalue weighted by Crippen LogP contribution is -2.37. The Kier molecular flexibility index (Phi) is 7.01. The molecular weight excluding hydrogens is 425 g/mol. The Hall–Kier alpha value is -3.69. The number of hydrogen-bond acceptors (Lipinski definition) is 7. The fraction of sp³-hybridized carbons (Fsp3) is 0.391. The number of anilines is 4. The highest BCUT2D eigenvalue weighted by atomic mass is 19.1. The van der Waals surface area contributed by atoms with Crippen molar-refractivity contribution < 1.29 is 9.31 Å². The Bertz CT molecular complexity index is 1090. The van der Waals surface area contributed by atoms with Crippen molar-refractivity contribution in [1.29, 1.82) is 0 Å². The van der Waals surface area contributed by atoms with E-state index < -0.39 is 4.92 Å². The molecule has 9 nitrogen and oxygen atoms in total. The minimum Gasteiger partial charge on any atom is -0.370 e. The molecular formula is C23H28FN7O2. The molecule has 1 saturated heterocycles. The van der Waals surface area contributed by atoms with Gasteiger partial charge in [0.1, 0.15) is 11.6 Å². The quantitative estimate of drug-likeness (QED) is 0.268. The van der Waals surface area contributed by atoms with Crippen molar-refractivity contribution in [2.45, 2.75) is 45.2 Å². The molecule has 3 aromatic rings. The molecule has 0 bridgehead atoms. The molecule has 0 amide bonds. The molecule has 2 aromatic heterocycles. The zero-order valence-corrected chi connectivity index (χ0v) is 18.6. The van der Waals surface area contributed by atoms with E-state index in [2.05, 4.69) is 32.4 Å². The number of aryl methyl sites for hydroxylation is 1. The van der Waals surface area contributed by atoms with Gasteiger partial charge < -0.3 is 20.1 Å². The van der Waals surface area contributed by atoms with Crippen molar-refractivity contribution in [2.24, 2.45) is 0 Å². The molecule has 1 unspecified atom stereocenters. The fourth-order valence-corrected chi connectivity index (χ4v) is 4.10. The number of halogens is 1. The smallest absolute Gasteiger partial charge is 0.311 e. The monoisotopic (exact) mass is 453 g/mol. The van der Waals surface area contributed by atoms with Crippen LogP contribution in [0.4, 0.5) is 33.1 Å². The van der Waals surface area contributed by atoms with Crippen LogP contribution in [-0.4, -0.2) is 38.6 Å². The SMILES string of the molecule is CC1CCCCN1c1ccc(Nc2nc(NCCCn3ccnc3)ccc2[N+](=O)[O-])cc1F. The van der Waals surface area contributed by atoms with Crippen LogP contribution in [0.1, 0.15) is 32.6 Å². The number of piperidine rings is 1. The molecule has 1 aliphatic rings. The van der Waals surface area contributed by atoms with E-state index in [1.165, 1.54) is 12.1 Å². The topological polar surface area (TPSA) is 101 Å². The lowest BCUT2D eigenvalue weighted by Gasteiger charge is -2.35. The lowest BCUT2D eigenvalue weighted by atomic mass is 10.0. The van der Waals surface area contributed by atoms with Crippen molar-refractivity contribution in [3.8, 4) is 0 Å². The summed E-state index contributed by atoms with van der Waals surface area (Å²) in [6.45, 7) is 4.37. The van der Waals surface area contributed by atoms with Crippen molar-refractivity contribution in [2.75, 3.05) is 28.6 Å². The average molecular weight is 454 g/mol. The summed E-state index contributed by atoms with van der Waals surface area (Å²) in [6, 6.07) is 8.08. The van der Waals surface area contributed by atoms with Crippen molar-refractivity contribution in [3.05, 3.63) is 65.0 Å². The van der Waals surface area contributed by atoms with Gasteiger partial charge >= 0.3 is 5.69 Å². The molecule has 1 fully saturated rings. The molecule has 1 aromatic carbocycles. The highest BCUT2D eigenvalue weighted by molar-refractivity contribution is 5.69. The normalized spacial score (nSPS) is 15.9. The van der Waals surface area contributed by atoms with E-state index in [1.807, 2.05) is 10.8 Å². The summed E-state index contributed by atoms with van der Waals surface area (Å²) in [4.78, 5) is 21.4. The molecule has 0 aliphatic carbocycles. The number of imidazole rings is 1. The molecule has 10 heteroatoms. The number of nitro groups is 1. The van der Waals surface area contributed by atoms with E-state index in [9.17, 15) is 14.5 Å². The maximum atomic E-state index is 14.9. The van der Waals surface area contributed by atoms with Crippen LogP contribution in [0.3, 0.4) is 0 Å². The predicted molar refractivity (Wildman–Crippen MR) is 127 cm³/mol. The zero-order valence-electron chi connectivity index (χ0n) is 18.6. The second-order valence-electron chi connectivity index (χ2n) is 8.23. The second-order valence-corrected chi connectivity index (χ2v) is 8.23. The summed E-state index contributed by atoms with van der Waals surface area (Å²) in [5, 5.41) is 17.6. The van der Waals surface area contributed by atoms with E-state index in [4.69, 9.17) is 0 Å². The first-order chi connectivity index (χ1) is 16.0. The number of rotatable bonds is 9. The van der Waals surface area contributed by atoms with Crippen LogP contribution in [0.15, 0.2) is 49.1 Å². The Balaban J connectivity index is 1.45. The van der Waals surface area contributed by atoms with Crippen LogP contribution in [-0.2, 0) is 6.54 Å². The summed E-state index contributed by atoms with van der Waals surface area (Å²) >= 11 is 0. The van der Waals surface area contributed by atoms with Crippen LogP contribution < -0.4 is 15.5 Å². The average Bonchev–Trinajstić information content (AvgIpc) is 3.31. The van der Waals surface area contributed by atoms with Gasteiger partial charge in [0.2, 0.25) is 5.82 Å². The van der Waals surface area contributed by atoms with E-state index in [1.54, 1.807) is 30.7 Å². The largest absolute Gasteiger partial charge is 0.370 e.